The third-order valence-corrected chi connectivity index (χ3v) is 2.64. The van der Waals surface area contributed by atoms with E-state index >= 15 is 0 Å². The van der Waals surface area contributed by atoms with Crippen molar-refractivity contribution >= 4 is 12.1 Å². The van der Waals surface area contributed by atoms with Crippen LogP contribution in [-0.4, -0.2) is 25.8 Å². The van der Waals surface area contributed by atoms with E-state index in [0.717, 1.165) is 11.6 Å². The molecule has 0 spiro atoms. The van der Waals surface area contributed by atoms with Gasteiger partial charge in [-0.15, -0.1) is 6.58 Å². The first-order valence-corrected chi connectivity index (χ1v) is 6.28. The van der Waals surface area contributed by atoms with Crippen LogP contribution in [0.15, 0.2) is 36.9 Å². The van der Waals surface area contributed by atoms with Gasteiger partial charge in [0.25, 0.3) is 0 Å². The molecule has 20 heavy (non-hydrogen) atoms. The maximum Gasteiger partial charge on any atom is 0.189 e. The summed E-state index contributed by atoms with van der Waals surface area (Å²) >= 11 is 0. The molecular weight excluding hydrogens is 256 g/mol. The summed E-state index contributed by atoms with van der Waals surface area (Å²) in [6, 6.07) is 3.40. The SMILES string of the molecule is C=CCc1cc(C(=O)C=CC=O)c(OC)cc1OCC. The van der Waals surface area contributed by atoms with Gasteiger partial charge < -0.3 is 9.47 Å². The van der Waals surface area contributed by atoms with Crippen molar-refractivity contribution in [3.05, 3.63) is 48.1 Å². The van der Waals surface area contributed by atoms with Gasteiger partial charge in [0, 0.05) is 6.07 Å². The van der Waals surface area contributed by atoms with Gasteiger partial charge in [-0.1, -0.05) is 6.08 Å². The van der Waals surface area contributed by atoms with Crippen LogP contribution in [0, 0.1) is 0 Å². The number of ether oxygens (including phenoxy) is 2. The summed E-state index contributed by atoms with van der Waals surface area (Å²) in [4.78, 5) is 22.3. The standard InChI is InChI=1S/C16H18O4/c1-4-7-12-10-13(14(18)8-6-9-17)16(19-3)11-15(12)20-5-2/h4,6,8-11H,1,5,7H2,2-3H3. The fourth-order valence-electron chi connectivity index (χ4n) is 1.79. The largest absolute Gasteiger partial charge is 0.496 e. The molecule has 4 heteroatoms. The van der Waals surface area contributed by atoms with Crippen LogP contribution in [0.4, 0.5) is 0 Å². The monoisotopic (exact) mass is 274 g/mol. The molecule has 0 atom stereocenters. The summed E-state index contributed by atoms with van der Waals surface area (Å²) in [7, 11) is 1.48. The van der Waals surface area contributed by atoms with Gasteiger partial charge in [-0.25, -0.2) is 0 Å². The molecule has 0 fully saturated rings. The molecule has 0 N–H and O–H groups in total. The van der Waals surface area contributed by atoms with Crippen LogP contribution in [0.25, 0.3) is 0 Å². The molecular formula is C16H18O4. The molecule has 0 bridgehead atoms. The van der Waals surface area contributed by atoms with E-state index in [1.54, 1.807) is 18.2 Å². The quantitative estimate of drug-likeness (QED) is 0.316. The van der Waals surface area contributed by atoms with Crippen LogP contribution in [0.5, 0.6) is 11.5 Å². The Balaban J connectivity index is 3.31. The Hall–Kier alpha value is -2.36. The summed E-state index contributed by atoms with van der Waals surface area (Å²) in [6.07, 6.45) is 5.24. The Labute approximate surface area is 118 Å². The summed E-state index contributed by atoms with van der Waals surface area (Å²) in [6.45, 7) is 6.10. The van der Waals surface area contributed by atoms with Crippen molar-refractivity contribution in [3.8, 4) is 11.5 Å². The number of allylic oxidation sites excluding steroid dienone is 3. The van der Waals surface area contributed by atoms with Gasteiger partial charge in [0.1, 0.15) is 17.8 Å². The fourth-order valence-corrected chi connectivity index (χ4v) is 1.79. The Morgan fingerprint density at radius 1 is 1.35 bits per heavy atom. The molecule has 0 unspecified atom stereocenters. The molecule has 0 aliphatic heterocycles. The third-order valence-electron chi connectivity index (χ3n) is 2.64. The number of ketones is 1. The normalized spacial score (nSPS) is 10.3. The lowest BCUT2D eigenvalue weighted by atomic mass is 10.0. The molecule has 1 aromatic carbocycles. The summed E-state index contributed by atoms with van der Waals surface area (Å²) < 4.78 is 10.8. The molecule has 0 saturated heterocycles. The molecule has 0 heterocycles. The van der Waals surface area contributed by atoms with E-state index in [0.29, 0.717) is 36.4 Å². The number of carbonyl (C=O) groups is 2. The zero-order valence-electron chi connectivity index (χ0n) is 11.7. The van der Waals surface area contributed by atoms with E-state index in [-0.39, 0.29) is 5.78 Å². The first-order chi connectivity index (χ1) is 9.67. The summed E-state index contributed by atoms with van der Waals surface area (Å²) in [5, 5.41) is 0. The van der Waals surface area contributed by atoms with E-state index in [9.17, 15) is 9.59 Å². The predicted octanol–water partition coefficient (Wildman–Crippen LogP) is 2.76. The predicted molar refractivity (Wildman–Crippen MR) is 77.6 cm³/mol. The summed E-state index contributed by atoms with van der Waals surface area (Å²) in [5.74, 6) is 0.796. The van der Waals surface area contributed by atoms with Crippen molar-refractivity contribution in [3.63, 3.8) is 0 Å². The number of carbonyl (C=O) groups excluding carboxylic acids is 2. The lowest BCUT2D eigenvalue weighted by Gasteiger charge is -2.13. The number of hydrogen-bond donors (Lipinski definition) is 0. The van der Waals surface area contributed by atoms with Gasteiger partial charge in [-0.3, -0.25) is 9.59 Å². The molecule has 106 valence electrons. The van der Waals surface area contributed by atoms with Crippen molar-refractivity contribution in [1.29, 1.82) is 0 Å². The van der Waals surface area contributed by atoms with Crippen LogP contribution >= 0.6 is 0 Å². The highest BCUT2D eigenvalue weighted by atomic mass is 16.5. The van der Waals surface area contributed by atoms with Crippen molar-refractivity contribution in [2.75, 3.05) is 13.7 Å². The van der Waals surface area contributed by atoms with E-state index < -0.39 is 0 Å². The highest BCUT2D eigenvalue weighted by molar-refractivity contribution is 6.08. The van der Waals surface area contributed by atoms with E-state index in [2.05, 4.69) is 6.58 Å². The minimum Gasteiger partial charge on any atom is -0.496 e. The second-order valence-corrected chi connectivity index (χ2v) is 3.95. The van der Waals surface area contributed by atoms with Crippen molar-refractivity contribution in [1.82, 2.24) is 0 Å². The van der Waals surface area contributed by atoms with Gasteiger partial charge in [0.2, 0.25) is 0 Å². The minimum absolute atomic E-state index is 0.290. The molecule has 0 amide bonds. The molecule has 0 saturated carbocycles. The maximum atomic E-state index is 12.0. The van der Waals surface area contributed by atoms with Gasteiger partial charge in [-0.2, -0.15) is 0 Å². The first kappa shape index (κ1) is 15.7. The number of rotatable bonds is 8. The fraction of sp³-hybridized carbons (Fsp3) is 0.250. The minimum atomic E-state index is -0.290. The average Bonchev–Trinajstić information content (AvgIpc) is 2.46. The van der Waals surface area contributed by atoms with Gasteiger partial charge >= 0.3 is 0 Å². The molecule has 1 rings (SSSR count). The topological polar surface area (TPSA) is 52.6 Å². The molecule has 0 aromatic heterocycles. The Kier molecular flexibility index (Phi) is 6.23. The van der Waals surface area contributed by atoms with E-state index in [4.69, 9.17) is 9.47 Å². The second kappa shape index (κ2) is 7.94. The van der Waals surface area contributed by atoms with Crippen LogP contribution in [-0.2, 0) is 11.2 Å². The average molecular weight is 274 g/mol. The first-order valence-electron chi connectivity index (χ1n) is 6.28. The van der Waals surface area contributed by atoms with Crippen LogP contribution in [0.3, 0.4) is 0 Å². The summed E-state index contributed by atoms with van der Waals surface area (Å²) in [5.41, 5.74) is 1.25. The number of hydrogen-bond acceptors (Lipinski definition) is 4. The molecule has 0 aliphatic rings. The number of methoxy groups -OCH3 is 1. The highest BCUT2D eigenvalue weighted by Crippen LogP contribution is 2.30. The Morgan fingerprint density at radius 3 is 2.65 bits per heavy atom. The zero-order valence-corrected chi connectivity index (χ0v) is 11.7. The van der Waals surface area contributed by atoms with Crippen molar-refractivity contribution in [2.45, 2.75) is 13.3 Å². The molecule has 0 radical (unpaired) electrons. The van der Waals surface area contributed by atoms with E-state index in [1.807, 2.05) is 6.92 Å². The van der Waals surface area contributed by atoms with Crippen molar-refractivity contribution in [2.24, 2.45) is 0 Å². The van der Waals surface area contributed by atoms with Gasteiger partial charge in [-0.05, 0) is 37.1 Å². The van der Waals surface area contributed by atoms with E-state index in [1.165, 1.54) is 13.2 Å². The molecule has 4 nitrogen and oxygen atoms in total. The highest BCUT2D eigenvalue weighted by Gasteiger charge is 2.15. The van der Waals surface area contributed by atoms with Crippen LogP contribution in [0.1, 0.15) is 22.8 Å². The van der Waals surface area contributed by atoms with Gasteiger partial charge in [0.15, 0.2) is 5.78 Å². The number of benzene rings is 1. The third kappa shape index (κ3) is 3.82. The smallest absolute Gasteiger partial charge is 0.189 e. The van der Waals surface area contributed by atoms with Gasteiger partial charge in [0.05, 0.1) is 19.3 Å². The lowest BCUT2D eigenvalue weighted by molar-refractivity contribution is -0.104. The van der Waals surface area contributed by atoms with Crippen LogP contribution < -0.4 is 9.47 Å². The van der Waals surface area contributed by atoms with Crippen molar-refractivity contribution < 1.29 is 19.1 Å². The number of aldehydes is 1. The maximum absolute atomic E-state index is 12.0. The lowest BCUT2D eigenvalue weighted by Crippen LogP contribution is -2.04. The molecule has 0 aliphatic carbocycles. The molecule has 1 aromatic rings. The Bertz CT molecular complexity index is 530. The second-order valence-electron chi connectivity index (χ2n) is 3.95. The van der Waals surface area contributed by atoms with Crippen LogP contribution in [0.2, 0.25) is 0 Å². The zero-order chi connectivity index (χ0) is 15.0. The Morgan fingerprint density at radius 2 is 2.10 bits per heavy atom.